The average Bonchev–Trinajstić information content (AvgIpc) is 2.61. The Morgan fingerprint density at radius 3 is 2.54 bits per heavy atom. The van der Waals surface area contributed by atoms with Gasteiger partial charge in [-0.2, -0.15) is 0 Å². The summed E-state index contributed by atoms with van der Waals surface area (Å²) in [6.07, 6.45) is 0. The molecule has 1 fully saturated rings. The molecule has 140 valence electrons. The van der Waals surface area contributed by atoms with Crippen LogP contribution in [0.5, 0.6) is 0 Å². The van der Waals surface area contributed by atoms with Crippen molar-refractivity contribution in [3.8, 4) is 0 Å². The van der Waals surface area contributed by atoms with Gasteiger partial charge in [0.25, 0.3) is 0 Å². The van der Waals surface area contributed by atoms with Crippen LogP contribution >= 0.6 is 0 Å². The van der Waals surface area contributed by atoms with Crippen molar-refractivity contribution in [2.75, 3.05) is 38.5 Å². The van der Waals surface area contributed by atoms with E-state index in [1.807, 2.05) is 38.1 Å². The molecule has 0 saturated carbocycles. The second-order valence-corrected chi connectivity index (χ2v) is 7.35. The number of benzene rings is 1. The fourth-order valence-corrected chi connectivity index (χ4v) is 3.23. The van der Waals surface area contributed by atoms with E-state index in [1.54, 1.807) is 0 Å². The van der Waals surface area contributed by atoms with Crippen LogP contribution in [0.1, 0.15) is 19.7 Å². The Morgan fingerprint density at radius 1 is 1.19 bits per heavy atom. The summed E-state index contributed by atoms with van der Waals surface area (Å²) in [6, 6.07) is 7.39. The van der Waals surface area contributed by atoms with E-state index in [1.165, 1.54) is 0 Å². The number of primary amides is 1. The molecule has 1 unspecified atom stereocenters. The van der Waals surface area contributed by atoms with Gasteiger partial charge >= 0.3 is 0 Å². The molecule has 0 radical (unpaired) electrons. The molecule has 3 N–H and O–H groups in total. The summed E-state index contributed by atoms with van der Waals surface area (Å²) in [6.45, 7) is 8.76. The highest BCUT2D eigenvalue weighted by atomic mass is 16.1. The molecule has 0 aliphatic carbocycles. The fourth-order valence-electron chi connectivity index (χ4n) is 3.23. The van der Waals surface area contributed by atoms with Gasteiger partial charge < -0.3 is 16.0 Å². The number of aromatic nitrogens is 2. The topological polar surface area (TPSA) is 87.4 Å². The third-order valence-electron chi connectivity index (χ3n) is 4.88. The Morgan fingerprint density at radius 2 is 1.88 bits per heavy atom. The molecule has 1 saturated heterocycles. The Labute approximate surface area is 154 Å². The number of nitrogens with one attached hydrogen (secondary N) is 1. The first kappa shape index (κ1) is 18.5. The number of nitrogens with two attached hydrogens (primary N) is 1. The highest BCUT2D eigenvalue weighted by molar-refractivity contribution is 5.91. The highest BCUT2D eigenvalue weighted by Gasteiger charge is 2.22. The Balaban J connectivity index is 1.89. The van der Waals surface area contributed by atoms with E-state index in [-0.39, 0.29) is 11.8 Å². The van der Waals surface area contributed by atoms with E-state index in [0.717, 1.165) is 42.9 Å². The van der Waals surface area contributed by atoms with Crippen LogP contribution in [0, 0.1) is 5.92 Å². The molecule has 3 rings (SSSR count). The first-order chi connectivity index (χ1) is 12.4. The number of hydrogen-bond acceptors (Lipinski definition) is 6. The number of para-hydroxylation sites is 1. The molecule has 1 aliphatic rings. The van der Waals surface area contributed by atoms with Crippen LogP contribution in [0.25, 0.3) is 10.9 Å². The maximum absolute atomic E-state index is 11.8. The third-order valence-corrected chi connectivity index (χ3v) is 4.88. The summed E-state index contributed by atoms with van der Waals surface area (Å²) >= 11 is 0. The molecule has 0 spiro atoms. The number of hydrogen-bond donors (Lipinski definition) is 2. The van der Waals surface area contributed by atoms with E-state index in [9.17, 15) is 4.79 Å². The predicted octanol–water partition coefficient (Wildman–Crippen LogP) is 1.30. The standard InChI is InChI=1S/C19H28N6O/c1-13(2)17(18(20)26)23-19-14-6-4-5-7-15(14)21-16(22-19)12-25-10-8-24(3)9-11-25/h4-7,13,17H,8-12H2,1-3H3,(H2,20,26)(H,21,22,23). The lowest BCUT2D eigenvalue weighted by Gasteiger charge is -2.31. The van der Waals surface area contributed by atoms with Crippen LogP contribution in [0.4, 0.5) is 5.82 Å². The fraction of sp³-hybridized carbons (Fsp3) is 0.526. The average molecular weight is 356 g/mol. The Bertz CT molecular complexity index is 770. The molecule has 1 aliphatic heterocycles. The molecular weight excluding hydrogens is 328 g/mol. The smallest absolute Gasteiger partial charge is 0.240 e. The van der Waals surface area contributed by atoms with Crippen LogP contribution < -0.4 is 11.1 Å². The van der Waals surface area contributed by atoms with Gasteiger partial charge in [0.05, 0.1) is 12.1 Å². The molecule has 1 aromatic carbocycles. The Kier molecular flexibility index (Phi) is 5.68. The zero-order chi connectivity index (χ0) is 18.7. The zero-order valence-electron chi connectivity index (χ0n) is 15.8. The van der Waals surface area contributed by atoms with Crippen molar-refractivity contribution in [1.82, 2.24) is 19.8 Å². The van der Waals surface area contributed by atoms with Gasteiger partial charge in [0.15, 0.2) is 0 Å². The number of carbonyl (C=O) groups excluding carboxylic acids is 1. The molecule has 1 aromatic heterocycles. The van der Waals surface area contributed by atoms with Gasteiger partial charge in [-0.25, -0.2) is 9.97 Å². The van der Waals surface area contributed by atoms with Crippen molar-refractivity contribution < 1.29 is 4.79 Å². The van der Waals surface area contributed by atoms with Crippen LogP contribution in [0.2, 0.25) is 0 Å². The second-order valence-electron chi connectivity index (χ2n) is 7.35. The number of amides is 1. The maximum Gasteiger partial charge on any atom is 0.240 e. The molecule has 0 bridgehead atoms. The summed E-state index contributed by atoms with van der Waals surface area (Å²) in [5.74, 6) is 1.14. The number of fused-ring (bicyclic) bond motifs is 1. The minimum atomic E-state index is -0.468. The van der Waals surface area contributed by atoms with Gasteiger partial charge in [0.2, 0.25) is 5.91 Å². The summed E-state index contributed by atoms with van der Waals surface area (Å²) in [5, 5.41) is 4.16. The molecule has 1 amide bonds. The number of likely N-dealkylation sites (N-methyl/N-ethyl adjacent to an activating group) is 1. The molecular formula is C19H28N6O. The van der Waals surface area contributed by atoms with Crippen LogP contribution in [0.3, 0.4) is 0 Å². The van der Waals surface area contributed by atoms with Crippen LogP contribution in [0.15, 0.2) is 24.3 Å². The lowest BCUT2D eigenvalue weighted by Crippen LogP contribution is -2.44. The van der Waals surface area contributed by atoms with E-state index in [0.29, 0.717) is 12.4 Å². The van der Waals surface area contributed by atoms with Crippen molar-refractivity contribution in [3.63, 3.8) is 0 Å². The summed E-state index contributed by atoms with van der Waals surface area (Å²) in [4.78, 5) is 26.0. The number of rotatable bonds is 6. The van der Waals surface area contributed by atoms with Crippen molar-refractivity contribution in [2.24, 2.45) is 11.7 Å². The normalized spacial score (nSPS) is 17.5. The van der Waals surface area contributed by atoms with Crippen LogP contribution in [-0.2, 0) is 11.3 Å². The molecule has 26 heavy (non-hydrogen) atoms. The van der Waals surface area contributed by atoms with E-state index in [2.05, 4.69) is 22.2 Å². The van der Waals surface area contributed by atoms with Crippen molar-refractivity contribution in [2.45, 2.75) is 26.4 Å². The zero-order valence-corrected chi connectivity index (χ0v) is 15.8. The number of piperazine rings is 1. The number of anilines is 1. The van der Waals surface area contributed by atoms with Gasteiger partial charge in [-0.15, -0.1) is 0 Å². The highest BCUT2D eigenvalue weighted by Crippen LogP contribution is 2.22. The molecule has 2 heterocycles. The molecule has 7 nitrogen and oxygen atoms in total. The van der Waals surface area contributed by atoms with Crippen molar-refractivity contribution in [1.29, 1.82) is 0 Å². The lowest BCUT2D eigenvalue weighted by atomic mass is 10.0. The van der Waals surface area contributed by atoms with Gasteiger partial charge in [0, 0.05) is 31.6 Å². The SMILES string of the molecule is CC(C)C(Nc1nc(CN2CCN(C)CC2)nc2ccccc12)C(N)=O. The second kappa shape index (κ2) is 7.97. The lowest BCUT2D eigenvalue weighted by molar-refractivity contribution is -0.119. The summed E-state index contributed by atoms with van der Waals surface area (Å²) in [7, 11) is 2.14. The van der Waals surface area contributed by atoms with Crippen LogP contribution in [-0.4, -0.2) is 64.9 Å². The molecule has 7 heteroatoms. The van der Waals surface area contributed by atoms with Gasteiger partial charge in [0.1, 0.15) is 17.7 Å². The van der Waals surface area contributed by atoms with Crippen molar-refractivity contribution in [3.05, 3.63) is 30.1 Å². The first-order valence-electron chi connectivity index (χ1n) is 9.16. The largest absolute Gasteiger partial charge is 0.368 e. The summed E-state index contributed by atoms with van der Waals surface area (Å²) < 4.78 is 0. The first-order valence-corrected chi connectivity index (χ1v) is 9.16. The van der Waals surface area contributed by atoms with E-state index >= 15 is 0 Å². The maximum atomic E-state index is 11.8. The summed E-state index contributed by atoms with van der Waals surface area (Å²) in [5.41, 5.74) is 6.45. The van der Waals surface area contributed by atoms with Gasteiger partial charge in [-0.05, 0) is 25.1 Å². The monoisotopic (exact) mass is 356 g/mol. The van der Waals surface area contributed by atoms with E-state index in [4.69, 9.17) is 15.7 Å². The quantitative estimate of drug-likeness (QED) is 0.811. The van der Waals surface area contributed by atoms with Gasteiger partial charge in [-0.3, -0.25) is 9.69 Å². The molecule has 2 aromatic rings. The molecule has 1 atom stereocenters. The number of nitrogens with zero attached hydrogens (tertiary/aromatic N) is 4. The minimum Gasteiger partial charge on any atom is -0.368 e. The van der Waals surface area contributed by atoms with Gasteiger partial charge in [-0.1, -0.05) is 26.0 Å². The number of carbonyl (C=O) groups is 1. The predicted molar refractivity (Wildman–Crippen MR) is 104 cm³/mol. The van der Waals surface area contributed by atoms with Crippen molar-refractivity contribution >= 4 is 22.6 Å². The van der Waals surface area contributed by atoms with E-state index < -0.39 is 6.04 Å². The third kappa shape index (κ3) is 4.28. The minimum absolute atomic E-state index is 0.0716. The Hall–Kier alpha value is -2.25.